The summed E-state index contributed by atoms with van der Waals surface area (Å²) in [6, 6.07) is 5.87. The van der Waals surface area contributed by atoms with Crippen LogP contribution in [0.5, 0.6) is 0 Å². The van der Waals surface area contributed by atoms with Crippen molar-refractivity contribution in [2.75, 3.05) is 11.9 Å². The maximum atomic E-state index is 5.75. The number of thiazole rings is 1. The van der Waals surface area contributed by atoms with Crippen molar-refractivity contribution < 1.29 is 0 Å². The van der Waals surface area contributed by atoms with E-state index in [2.05, 4.69) is 31.6 Å². The number of hydrogen-bond donors (Lipinski definition) is 2. The van der Waals surface area contributed by atoms with Gasteiger partial charge in [-0.3, -0.25) is 0 Å². The molecule has 0 aliphatic carbocycles. The van der Waals surface area contributed by atoms with Gasteiger partial charge in [-0.15, -0.1) is 11.3 Å². The molecule has 3 nitrogen and oxygen atoms in total. The van der Waals surface area contributed by atoms with Crippen LogP contribution in [0.4, 0.5) is 5.69 Å². The average molecular weight is 356 g/mol. The zero-order chi connectivity index (χ0) is 13.8. The number of halogens is 1. The Kier molecular flexibility index (Phi) is 4.90. The largest absolute Gasteiger partial charge is 0.389 e. The second kappa shape index (κ2) is 6.45. The van der Waals surface area contributed by atoms with Gasteiger partial charge in [0.1, 0.15) is 4.99 Å². The van der Waals surface area contributed by atoms with Gasteiger partial charge in [0.05, 0.1) is 10.7 Å². The van der Waals surface area contributed by atoms with Crippen molar-refractivity contribution in [3.8, 4) is 0 Å². The van der Waals surface area contributed by atoms with Crippen LogP contribution in [0.2, 0.25) is 0 Å². The van der Waals surface area contributed by atoms with Crippen molar-refractivity contribution in [2.24, 2.45) is 5.73 Å². The summed E-state index contributed by atoms with van der Waals surface area (Å²) in [5.41, 5.74) is 8.67. The molecular weight excluding hydrogens is 342 g/mol. The molecule has 1 aromatic carbocycles. The smallest absolute Gasteiger partial charge is 0.107 e. The Morgan fingerprint density at radius 2 is 2.32 bits per heavy atom. The second-order valence-electron chi connectivity index (χ2n) is 4.06. The van der Waals surface area contributed by atoms with Crippen molar-refractivity contribution in [3.63, 3.8) is 0 Å². The van der Waals surface area contributed by atoms with Gasteiger partial charge >= 0.3 is 0 Å². The fourth-order valence-electron chi connectivity index (χ4n) is 1.77. The Morgan fingerprint density at radius 1 is 1.53 bits per heavy atom. The Bertz CT molecular complexity index is 595. The minimum atomic E-state index is 0.388. The fourth-order valence-corrected chi connectivity index (χ4v) is 3.35. The highest BCUT2D eigenvalue weighted by atomic mass is 79.9. The zero-order valence-corrected chi connectivity index (χ0v) is 13.7. The van der Waals surface area contributed by atoms with E-state index in [1.807, 2.05) is 25.1 Å². The van der Waals surface area contributed by atoms with E-state index in [9.17, 15) is 0 Å². The minimum absolute atomic E-state index is 0.388. The molecule has 0 spiro atoms. The first-order chi connectivity index (χ1) is 9.08. The third-order valence-corrected chi connectivity index (χ3v) is 4.31. The lowest BCUT2D eigenvalue weighted by Gasteiger charge is -2.12. The van der Waals surface area contributed by atoms with E-state index < -0.39 is 0 Å². The highest BCUT2D eigenvalue weighted by Gasteiger charge is 2.09. The molecule has 0 aliphatic rings. The topological polar surface area (TPSA) is 50.9 Å². The summed E-state index contributed by atoms with van der Waals surface area (Å²) in [6.45, 7) is 2.82. The molecule has 0 fully saturated rings. The molecule has 0 atom stereocenters. The molecule has 2 rings (SSSR count). The van der Waals surface area contributed by atoms with Crippen LogP contribution >= 0.6 is 39.5 Å². The Labute approximate surface area is 130 Å². The lowest BCUT2D eigenvalue weighted by molar-refractivity contribution is 0.968. The quantitative estimate of drug-likeness (QED) is 0.805. The van der Waals surface area contributed by atoms with E-state index in [1.165, 1.54) is 0 Å². The maximum Gasteiger partial charge on any atom is 0.107 e. The highest BCUT2D eigenvalue weighted by Crippen LogP contribution is 2.24. The van der Waals surface area contributed by atoms with Crippen LogP contribution in [0.1, 0.15) is 16.3 Å². The molecule has 1 aromatic heterocycles. The van der Waals surface area contributed by atoms with Crippen LogP contribution in [0.15, 0.2) is 28.1 Å². The summed E-state index contributed by atoms with van der Waals surface area (Å²) in [6.07, 6.45) is 0.883. The average Bonchev–Trinajstić information content (AvgIpc) is 2.74. The summed E-state index contributed by atoms with van der Waals surface area (Å²) >= 11 is 10.2. The molecule has 3 N–H and O–H groups in total. The van der Waals surface area contributed by atoms with E-state index in [0.29, 0.717) is 4.99 Å². The SMILES string of the molecule is Cc1nc(CCNc2cccc(Br)c2C(N)=S)cs1. The number of nitrogens with two attached hydrogens (primary N) is 1. The van der Waals surface area contributed by atoms with Crippen molar-refractivity contribution in [3.05, 3.63) is 44.3 Å². The first-order valence-corrected chi connectivity index (χ1v) is 7.89. The van der Waals surface area contributed by atoms with E-state index >= 15 is 0 Å². The Balaban J connectivity index is 2.03. The molecule has 0 amide bonds. The summed E-state index contributed by atoms with van der Waals surface area (Å²) in [5, 5.41) is 6.55. The predicted molar refractivity (Wildman–Crippen MR) is 89.1 cm³/mol. The van der Waals surface area contributed by atoms with E-state index in [0.717, 1.165) is 39.4 Å². The lowest BCUT2D eigenvalue weighted by atomic mass is 10.1. The third kappa shape index (κ3) is 3.75. The monoisotopic (exact) mass is 355 g/mol. The van der Waals surface area contributed by atoms with Crippen LogP contribution in [0.25, 0.3) is 0 Å². The summed E-state index contributed by atoms with van der Waals surface area (Å²) in [5.74, 6) is 0. The van der Waals surface area contributed by atoms with Crippen LogP contribution in [0, 0.1) is 6.92 Å². The van der Waals surface area contributed by atoms with Crippen molar-refractivity contribution in [1.29, 1.82) is 0 Å². The van der Waals surface area contributed by atoms with E-state index in [4.69, 9.17) is 18.0 Å². The number of thiocarbonyl (C=S) groups is 1. The van der Waals surface area contributed by atoms with E-state index in [1.54, 1.807) is 11.3 Å². The predicted octanol–water partition coefficient (Wildman–Crippen LogP) is 3.50. The zero-order valence-electron chi connectivity index (χ0n) is 10.4. The molecule has 0 bridgehead atoms. The third-order valence-electron chi connectivity index (χ3n) is 2.62. The van der Waals surface area contributed by atoms with Crippen molar-refractivity contribution >= 4 is 50.2 Å². The van der Waals surface area contributed by atoms with Gasteiger partial charge in [0.25, 0.3) is 0 Å². The van der Waals surface area contributed by atoms with Gasteiger partial charge in [0.15, 0.2) is 0 Å². The van der Waals surface area contributed by atoms with Crippen molar-refractivity contribution in [1.82, 2.24) is 4.98 Å². The summed E-state index contributed by atoms with van der Waals surface area (Å²) in [4.78, 5) is 4.82. The number of benzene rings is 1. The molecule has 0 aliphatic heterocycles. The number of aromatic nitrogens is 1. The van der Waals surface area contributed by atoms with Gasteiger partial charge < -0.3 is 11.1 Å². The van der Waals surface area contributed by atoms with Crippen LogP contribution in [0.3, 0.4) is 0 Å². The molecule has 19 heavy (non-hydrogen) atoms. The molecular formula is C13H14BrN3S2. The first-order valence-electron chi connectivity index (χ1n) is 5.81. The second-order valence-corrected chi connectivity index (χ2v) is 6.42. The number of anilines is 1. The Hall–Kier alpha value is -0.980. The standard InChI is InChI=1S/C13H14BrN3S2/c1-8-17-9(7-19-8)5-6-16-11-4-2-3-10(14)12(11)13(15)18/h2-4,7,16H,5-6H2,1H3,(H2,15,18). The molecule has 100 valence electrons. The van der Waals surface area contributed by atoms with E-state index in [-0.39, 0.29) is 0 Å². The minimum Gasteiger partial charge on any atom is -0.389 e. The normalized spacial score (nSPS) is 10.4. The van der Waals surface area contributed by atoms with Crippen LogP contribution in [-0.4, -0.2) is 16.5 Å². The maximum absolute atomic E-state index is 5.75. The summed E-state index contributed by atoms with van der Waals surface area (Å²) < 4.78 is 0.912. The lowest BCUT2D eigenvalue weighted by Crippen LogP contribution is -2.15. The Morgan fingerprint density at radius 3 is 2.95 bits per heavy atom. The number of aryl methyl sites for hydroxylation is 1. The van der Waals surface area contributed by atoms with Gasteiger partial charge in [-0.2, -0.15) is 0 Å². The number of rotatable bonds is 5. The van der Waals surface area contributed by atoms with Gasteiger partial charge in [0.2, 0.25) is 0 Å². The fraction of sp³-hybridized carbons (Fsp3) is 0.231. The molecule has 0 radical (unpaired) electrons. The van der Waals surface area contributed by atoms with Gasteiger partial charge in [-0.05, 0) is 35.0 Å². The first kappa shape index (κ1) is 14.4. The molecule has 0 saturated heterocycles. The molecule has 6 heteroatoms. The summed E-state index contributed by atoms with van der Waals surface area (Å²) in [7, 11) is 0. The molecule has 0 unspecified atom stereocenters. The molecule has 0 saturated carbocycles. The van der Waals surface area contributed by atoms with Crippen LogP contribution in [-0.2, 0) is 6.42 Å². The van der Waals surface area contributed by atoms with Crippen molar-refractivity contribution in [2.45, 2.75) is 13.3 Å². The van der Waals surface area contributed by atoms with Gasteiger partial charge in [0, 0.05) is 34.1 Å². The number of nitrogens with zero attached hydrogens (tertiary/aromatic N) is 1. The highest BCUT2D eigenvalue weighted by molar-refractivity contribution is 9.10. The van der Waals surface area contributed by atoms with Gasteiger partial charge in [-0.1, -0.05) is 18.3 Å². The molecule has 1 heterocycles. The number of hydrogen-bond acceptors (Lipinski definition) is 4. The molecule has 2 aromatic rings. The van der Waals surface area contributed by atoms with Crippen LogP contribution < -0.4 is 11.1 Å². The van der Waals surface area contributed by atoms with Gasteiger partial charge in [-0.25, -0.2) is 4.98 Å². The number of nitrogens with one attached hydrogen (secondary N) is 1.